The predicted octanol–water partition coefficient (Wildman–Crippen LogP) is 2.29. The van der Waals surface area contributed by atoms with Gasteiger partial charge in [-0.05, 0) is 30.7 Å². The van der Waals surface area contributed by atoms with Gasteiger partial charge in [0.05, 0.1) is 24.9 Å². The number of rotatable bonds is 4. The molecular weight excluding hydrogens is 256 g/mol. The summed E-state index contributed by atoms with van der Waals surface area (Å²) in [6.45, 7) is 1.88. The van der Waals surface area contributed by atoms with Gasteiger partial charge in [0.2, 0.25) is 0 Å². The molecule has 1 atom stereocenters. The minimum atomic E-state index is -0.281. The number of hydrogen-bond donors (Lipinski definition) is 2. The van der Waals surface area contributed by atoms with Crippen LogP contribution < -0.4 is 10.1 Å². The fraction of sp³-hybridized carbons (Fsp3) is 0.200. The van der Waals surface area contributed by atoms with E-state index in [1.807, 2.05) is 31.2 Å². The molecule has 5 heteroatoms. The molecule has 104 valence electrons. The Morgan fingerprint density at radius 1 is 1.30 bits per heavy atom. The predicted molar refractivity (Wildman–Crippen MR) is 74.8 cm³/mol. The number of aromatic nitrogens is 1. The van der Waals surface area contributed by atoms with E-state index in [2.05, 4.69) is 10.3 Å². The van der Waals surface area contributed by atoms with Crippen molar-refractivity contribution in [2.75, 3.05) is 7.11 Å². The second-order valence-corrected chi connectivity index (χ2v) is 4.40. The second kappa shape index (κ2) is 6.06. The first-order valence-corrected chi connectivity index (χ1v) is 6.19. The van der Waals surface area contributed by atoms with Crippen LogP contribution in [0.2, 0.25) is 0 Å². The van der Waals surface area contributed by atoms with E-state index < -0.39 is 0 Å². The van der Waals surface area contributed by atoms with Crippen LogP contribution in [0.15, 0.2) is 42.7 Å². The Morgan fingerprint density at radius 2 is 2.00 bits per heavy atom. The Balaban J connectivity index is 2.06. The van der Waals surface area contributed by atoms with Crippen molar-refractivity contribution >= 4 is 5.91 Å². The van der Waals surface area contributed by atoms with Gasteiger partial charge in [0, 0.05) is 6.20 Å². The standard InChI is InChI=1S/C15H16N2O3/c1-10(11-3-5-14(20-2)6-4-11)17-15(19)12-7-13(18)9-16-8-12/h3-10,18H,1-2H3,(H,17,19). The zero-order chi connectivity index (χ0) is 14.5. The minimum absolute atomic E-state index is 0.0326. The van der Waals surface area contributed by atoms with Gasteiger partial charge in [0.1, 0.15) is 11.5 Å². The first-order valence-electron chi connectivity index (χ1n) is 6.19. The monoisotopic (exact) mass is 272 g/mol. The molecule has 1 aromatic heterocycles. The van der Waals surface area contributed by atoms with Crippen LogP contribution in [0.25, 0.3) is 0 Å². The Bertz CT molecular complexity index is 596. The van der Waals surface area contributed by atoms with Crippen molar-refractivity contribution in [3.05, 3.63) is 53.9 Å². The van der Waals surface area contributed by atoms with E-state index in [0.29, 0.717) is 5.56 Å². The number of nitrogens with zero attached hydrogens (tertiary/aromatic N) is 1. The zero-order valence-corrected chi connectivity index (χ0v) is 11.3. The Kier molecular flexibility index (Phi) is 4.20. The topological polar surface area (TPSA) is 71.5 Å². The number of ether oxygens (including phenoxy) is 1. The highest BCUT2D eigenvalue weighted by Crippen LogP contribution is 2.18. The van der Waals surface area contributed by atoms with Gasteiger partial charge in [0.25, 0.3) is 5.91 Å². The molecule has 0 fully saturated rings. The Morgan fingerprint density at radius 3 is 2.60 bits per heavy atom. The molecule has 2 aromatic rings. The number of hydrogen-bond acceptors (Lipinski definition) is 4. The van der Waals surface area contributed by atoms with E-state index in [4.69, 9.17) is 4.74 Å². The van der Waals surface area contributed by atoms with Gasteiger partial charge in [0.15, 0.2) is 0 Å². The molecule has 1 unspecified atom stereocenters. The number of amides is 1. The first-order chi connectivity index (χ1) is 9.60. The molecule has 0 spiro atoms. The van der Waals surface area contributed by atoms with Crippen LogP contribution >= 0.6 is 0 Å². The van der Waals surface area contributed by atoms with E-state index in [-0.39, 0.29) is 17.7 Å². The molecule has 0 radical (unpaired) electrons. The lowest BCUT2D eigenvalue weighted by Crippen LogP contribution is -2.26. The van der Waals surface area contributed by atoms with Crippen molar-refractivity contribution in [2.45, 2.75) is 13.0 Å². The maximum Gasteiger partial charge on any atom is 0.253 e. The highest BCUT2D eigenvalue weighted by atomic mass is 16.5. The summed E-state index contributed by atoms with van der Waals surface area (Å²) in [6.07, 6.45) is 2.69. The number of benzene rings is 1. The smallest absolute Gasteiger partial charge is 0.253 e. The average Bonchev–Trinajstić information content (AvgIpc) is 2.47. The molecule has 2 rings (SSSR count). The third-order valence-corrected chi connectivity index (χ3v) is 2.95. The van der Waals surface area contributed by atoms with Gasteiger partial charge >= 0.3 is 0 Å². The molecule has 1 amide bonds. The summed E-state index contributed by atoms with van der Waals surface area (Å²) in [6, 6.07) is 8.69. The summed E-state index contributed by atoms with van der Waals surface area (Å²) in [5, 5.41) is 12.2. The molecule has 0 saturated heterocycles. The van der Waals surface area contributed by atoms with E-state index >= 15 is 0 Å². The normalized spacial score (nSPS) is 11.7. The molecule has 0 aliphatic carbocycles. The minimum Gasteiger partial charge on any atom is -0.506 e. The van der Waals surface area contributed by atoms with Crippen LogP contribution in [0.5, 0.6) is 11.5 Å². The van der Waals surface area contributed by atoms with Crippen molar-refractivity contribution in [2.24, 2.45) is 0 Å². The SMILES string of the molecule is COc1ccc(C(C)NC(=O)c2cncc(O)c2)cc1. The third-order valence-electron chi connectivity index (χ3n) is 2.95. The average molecular weight is 272 g/mol. The third kappa shape index (κ3) is 3.26. The van der Waals surface area contributed by atoms with Gasteiger partial charge in [-0.25, -0.2) is 0 Å². The largest absolute Gasteiger partial charge is 0.506 e. The molecule has 1 heterocycles. The second-order valence-electron chi connectivity index (χ2n) is 4.40. The summed E-state index contributed by atoms with van der Waals surface area (Å²) in [5.41, 5.74) is 1.29. The van der Waals surface area contributed by atoms with Gasteiger partial charge in [-0.2, -0.15) is 0 Å². The van der Waals surface area contributed by atoms with Crippen molar-refractivity contribution < 1.29 is 14.6 Å². The molecular formula is C15H16N2O3. The fourth-order valence-electron chi connectivity index (χ4n) is 1.81. The van der Waals surface area contributed by atoms with Crippen molar-refractivity contribution in [3.8, 4) is 11.5 Å². The number of nitrogens with one attached hydrogen (secondary N) is 1. The van der Waals surface area contributed by atoms with Gasteiger partial charge in [-0.15, -0.1) is 0 Å². The first kappa shape index (κ1) is 13.9. The number of carbonyl (C=O) groups excluding carboxylic acids is 1. The lowest BCUT2D eigenvalue weighted by atomic mass is 10.1. The Labute approximate surface area is 117 Å². The van der Waals surface area contributed by atoms with Gasteiger partial charge in [-0.3, -0.25) is 9.78 Å². The molecule has 5 nitrogen and oxygen atoms in total. The van der Waals surface area contributed by atoms with Crippen LogP contribution in [0.4, 0.5) is 0 Å². The molecule has 2 N–H and O–H groups in total. The van der Waals surface area contributed by atoms with Crippen molar-refractivity contribution in [1.82, 2.24) is 10.3 Å². The number of pyridine rings is 1. The number of carbonyl (C=O) groups is 1. The van der Waals surface area contributed by atoms with Crippen molar-refractivity contribution in [3.63, 3.8) is 0 Å². The lowest BCUT2D eigenvalue weighted by molar-refractivity contribution is 0.0939. The summed E-state index contributed by atoms with van der Waals surface area (Å²) in [7, 11) is 1.61. The maximum absolute atomic E-state index is 12.0. The number of aromatic hydroxyl groups is 1. The van der Waals surface area contributed by atoms with E-state index in [1.54, 1.807) is 7.11 Å². The zero-order valence-electron chi connectivity index (χ0n) is 11.3. The van der Waals surface area contributed by atoms with Crippen LogP contribution in [0.1, 0.15) is 28.9 Å². The maximum atomic E-state index is 12.0. The molecule has 1 aromatic carbocycles. The van der Waals surface area contributed by atoms with Crippen LogP contribution in [-0.4, -0.2) is 23.1 Å². The summed E-state index contributed by atoms with van der Waals surface area (Å²) >= 11 is 0. The summed E-state index contributed by atoms with van der Waals surface area (Å²) in [4.78, 5) is 15.8. The van der Waals surface area contributed by atoms with Crippen LogP contribution in [0.3, 0.4) is 0 Å². The molecule has 0 aliphatic rings. The Hall–Kier alpha value is -2.56. The lowest BCUT2D eigenvalue weighted by Gasteiger charge is -2.14. The van der Waals surface area contributed by atoms with Crippen LogP contribution in [0, 0.1) is 0 Å². The molecule has 0 bridgehead atoms. The van der Waals surface area contributed by atoms with Crippen molar-refractivity contribution in [1.29, 1.82) is 0 Å². The van der Waals surface area contributed by atoms with Gasteiger partial charge in [-0.1, -0.05) is 12.1 Å². The molecule has 0 aliphatic heterocycles. The van der Waals surface area contributed by atoms with E-state index in [1.165, 1.54) is 18.5 Å². The van der Waals surface area contributed by atoms with Crippen LogP contribution in [-0.2, 0) is 0 Å². The number of methoxy groups -OCH3 is 1. The van der Waals surface area contributed by atoms with Gasteiger partial charge < -0.3 is 15.2 Å². The molecule has 0 saturated carbocycles. The van der Waals surface area contributed by atoms with E-state index in [9.17, 15) is 9.90 Å². The highest BCUT2D eigenvalue weighted by Gasteiger charge is 2.12. The summed E-state index contributed by atoms with van der Waals surface area (Å²) in [5.74, 6) is 0.455. The quantitative estimate of drug-likeness (QED) is 0.895. The van der Waals surface area contributed by atoms with E-state index in [0.717, 1.165) is 11.3 Å². The fourth-order valence-corrected chi connectivity index (χ4v) is 1.81. The highest BCUT2D eigenvalue weighted by molar-refractivity contribution is 5.94. The summed E-state index contributed by atoms with van der Waals surface area (Å²) < 4.78 is 5.09. The molecule has 20 heavy (non-hydrogen) atoms.